The van der Waals surface area contributed by atoms with Gasteiger partial charge < -0.3 is 19.6 Å². The molecule has 0 aliphatic carbocycles. The lowest BCUT2D eigenvalue weighted by Crippen LogP contribution is -2.25. The summed E-state index contributed by atoms with van der Waals surface area (Å²) in [6.07, 6.45) is 1.99. The number of carbonyl (C=O) groups is 1. The van der Waals surface area contributed by atoms with Crippen molar-refractivity contribution in [3.8, 4) is 5.75 Å². The molecule has 0 spiro atoms. The van der Waals surface area contributed by atoms with Gasteiger partial charge in [0.2, 0.25) is 0 Å². The van der Waals surface area contributed by atoms with Crippen molar-refractivity contribution in [3.05, 3.63) is 36.0 Å². The van der Waals surface area contributed by atoms with E-state index in [-0.39, 0.29) is 18.7 Å². The predicted octanol–water partition coefficient (Wildman–Crippen LogP) is 3.67. The summed E-state index contributed by atoms with van der Waals surface area (Å²) in [5.74, 6) is 1.21. The van der Waals surface area contributed by atoms with Crippen molar-refractivity contribution in [2.75, 3.05) is 13.2 Å². The maximum absolute atomic E-state index is 12.7. The van der Waals surface area contributed by atoms with Crippen molar-refractivity contribution in [1.82, 2.24) is 10.3 Å². The first kappa shape index (κ1) is 16.8. The predicted molar refractivity (Wildman–Crippen MR) is 83.3 cm³/mol. The van der Waals surface area contributed by atoms with E-state index in [1.165, 1.54) is 0 Å². The fraction of sp³-hybridized carbons (Fsp3) is 0.375. The number of aryl methyl sites for hydroxylation is 1. The van der Waals surface area contributed by atoms with E-state index in [1.54, 1.807) is 18.2 Å². The smallest absolute Gasteiger partial charge is 0.404 e. The Kier molecular flexibility index (Phi) is 5.96. The Balaban J connectivity index is 1.98. The number of unbranched alkanes of at least 4 members (excludes halogenated alkanes) is 1. The highest BCUT2D eigenvalue weighted by atomic mass is 19.1. The molecule has 7 heteroatoms. The third-order valence-corrected chi connectivity index (χ3v) is 3.19. The highest BCUT2D eigenvalue weighted by molar-refractivity contribution is 5.74. The molecule has 0 unspecified atom stereocenters. The lowest BCUT2D eigenvalue weighted by Gasteiger charge is -2.08. The van der Waals surface area contributed by atoms with Crippen LogP contribution in [0.1, 0.15) is 25.7 Å². The summed E-state index contributed by atoms with van der Waals surface area (Å²) in [5, 5.41) is 10.6. The van der Waals surface area contributed by atoms with Gasteiger partial charge in [0.05, 0.1) is 6.33 Å². The van der Waals surface area contributed by atoms with E-state index >= 15 is 0 Å². The van der Waals surface area contributed by atoms with E-state index in [1.807, 2.05) is 0 Å². The number of oxazole rings is 1. The second kappa shape index (κ2) is 8.17. The van der Waals surface area contributed by atoms with Gasteiger partial charge in [-0.1, -0.05) is 13.3 Å². The molecule has 124 valence electrons. The molecule has 0 aliphatic rings. The van der Waals surface area contributed by atoms with Crippen LogP contribution in [0.15, 0.2) is 34.5 Å². The van der Waals surface area contributed by atoms with Crippen LogP contribution in [0, 0.1) is 0 Å². The lowest BCUT2D eigenvalue weighted by atomic mass is 10.2. The average Bonchev–Trinajstić information content (AvgIpc) is 2.94. The number of nitrogens with one attached hydrogen (secondary N) is 1. The van der Waals surface area contributed by atoms with E-state index in [0.717, 1.165) is 19.3 Å². The molecule has 1 aromatic carbocycles. The number of ether oxygens (including phenoxy) is 1. The zero-order valence-electron chi connectivity index (χ0n) is 12.8. The topological polar surface area (TPSA) is 84.6 Å². The summed E-state index contributed by atoms with van der Waals surface area (Å²) in [6, 6.07) is 5.17. The van der Waals surface area contributed by atoms with Crippen LogP contribution in [0.4, 0.5) is 9.18 Å². The average molecular weight is 322 g/mol. The molecule has 2 N–H and O–H groups in total. The number of halogens is 1. The first-order chi connectivity index (χ1) is 11.1. The Morgan fingerprint density at radius 2 is 2.35 bits per heavy atom. The van der Waals surface area contributed by atoms with Crippen molar-refractivity contribution in [1.29, 1.82) is 0 Å². The number of hydrogen-bond donors (Lipinski definition) is 2. The second-order valence-corrected chi connectivity index (χ2v) is 5.06. The van der Waals surface area contributed by atoms with Gasteiger partial charge in [-0.2, -0.15) is 0 Å². The third kappa shape index (κ3) is 4.98. The zero-order chi connectivity index (χ0) is 16.7. The largest absolute Gasteiger partial charge is 0.489 e. The van der Waals surface area contributed by atoms with Crippen LogP contribution in [-0.4, -0.2) is 29.3 Å². The maximum atomic E-state index is 12.7. The minimum atomic E-state index is -1.21. The highest BCUT2D eigenvalue weighted by Gasteiger charge is 2.08. The van der Waals surface area contributed by atoms with Crippen molar-refractivity contribution in [2.45, 2.75) is 26.2 Å². The van der Waals surface area contributed by atoms with Gasteiger partial charge in [-0.25, -0.2) is 14.2 Å². The Hall–Kier alpha value is -2.57. The number of hydrogen-bond acceptors (Lipinski definition) is 4. The SMILES string of the molecule is CCCCc1nc2cc(OCC(=CF)CNC(=O)O)ccc2o1. The zero-order valence-corrected chi connectivity index (χ0v) is 12.8. The van der Waals surface area contributed by atoms with Crippen molar-refractivity contribution in [2.24, 2.45) is 0 Å². The molecule has 0 saturated heterocycles. The number of rotatable bonds is 8. The monoisotopic (exact) mass is 322 g/mol. The molecule has 1 heterocycles. The van der Waals surface area contributed by atoms with E-state index in [0.29, 0.717) is 29.1 Å². The van der Waals surface area contributed by atoms with E-state index < -0.39 is 6.09 Å². The first-order valence-electron chi connectivity index (χ1n) is 7.39. The summed E-state index contributed by atoms with van der Waals surface area (Å²) < 4.78 is 23.8. The quantitative estimate of drug-likeness (QED) is 0.774. The van der Waals surface area contributed by atoms with Crippen molar-refractivity contribution >= 4 is 17.2 Å². The number of fused-ring (bicyclic) bond motifs is 1. The summed E-state index contributed by atoms with van der Waals surface area (Å²) in [7, 11) is 0. The standard InChI is InChI=1S/C16H19FN2O4/c1-2-3-4-15-19-13-7-12(5-6-14(13)23-15)22-10-11(8-17)9-18-16(20)21/h5-8,18H,2-4,9-10H2,1H3,(H,20,21). The molecule has 23 heavy (non-hydrogen) atoms. The van der Waals surface area contributed by atoms with Crippen LogP contribution in [0.5, 0.6) is 5.75 Å². The van der Waals surface area contributed by atoms with Gasteiger partial charge in [-0.05, 0) is 18.6 Å². The molecule has 1 amide bonds. The van der Waals surface area contributed by atoms with Gasteiger partial charge in [-0.15, -0.1) is 0 Å². The van der Waals surface area contributed by atoms with Crippen LogP contribution in [0.3, 0.4) is 0 Å². The molecule has 0 saturated carbocycles. The molecule has 2 aromatic rings. The van der Waals surface area contributed by atoms with Crippen LogP contribution >= 0.6 is 0 Å². The minimum absolute atomic E-state index is 0.0527. The normalized spacial score (nSPS) is 11.7. The summed E-state index contributed by atoms with van der Waals surface area (Å²) in [4.78, 5) is 14.8. The van der Waals surface area contributed by atoms with Gasteiger partial charge in [0, 0.05) is 24.6 Å². The number of aromatic nitrogens is 1. The van der Waals surface area contributed by atoms with Crippen LogP contribution in [0.2, 0.25) is 0 Å². The molecule has 0 radical (unpaired) electrons. The van der Waals surface area contributed by atoms with Gasteiger partial charge in [0.1, 0.15) is 17.9 Å². The molecule has 0 atom stereocenters. The molecule has 0 fully saturated rings. The van der Waals surface area contributed by atoms with Crippen LogP contribution in [-0.2, 0) is 6.42 Å². The summed E-state index contributed by atoms with van der Waals surface area (Å²) >= 11 is 0. The molecule has 0 aliphatic heterocycles. The molecular weight excluding hydrogens is 303 g/mol. The van der Waals surface area contributed by atoms with E-state index in [4.69, 9.17) is 14.3 Å². The number of nitrogens with zero attached hydrogens (tertiary/aromatic N) is 1. The van der Waals surface area contributed by atoms with Crippen LogP contribution < -0.4 is 10.1 Å². The van der Waals surface area contributed by atoms with Gasteiger partial charge in [-0.3, -0.25) is 0 Å². The number of amides is 1. The molecular formula is C16H19FN2O4. The molecule has 1 aromatic heterocycles. The summed E-state index contributed by atoms with van der Waals surface area (Å²) in [6.45, 7) is 1.92. The fourth-order valence-corrected chi connectivity index (χ4v) is 1.97. The molecule has 0 bridgehead atoms. The number of benzene rings is 1. The Morgan fingerprint density at radius 3 is 3.04 bits per heavy atom. The van der Waals surface area contributed by atoms with E-state index in [9.17, 15) is 9.18 Å². The lowest BCUT2D eigenvalue weighted by molar-refractivity contribution is 0.195. The summed E-state index contributed by atoms with van der Waals surface area (Å²) in [5.41, 5.74) is 1.55. The highest BCUT2D eigenvalue weighted by Crippen LogP contribution is 2.22. The first-order valence-corrected chi connectivity index (χ1v) is 7.39. The van der Waals surface area contributed by atoms with E-state index in [2.05, 4.69) is 17.2 Å². The fourth-order valence-electron chi connectivity index (χ4n) is 1.97. The van der Waals surface area contributed by atoms with Crippen molar-refractivity contribution < 1.29 is 23.4 Å². The maximum Gasteiger partial charge on any atom is 0.404 e. The van der Waals surface area contributed by atoms with Crippen molar-refractivity contribution in [3.63, 3.8) is 0 Å². The molecule has 6 nitrogen and oxygen atoms in total. The minimum Gasteiger partial charge on any atom is -0.489 e. The van der Waals surface area contributed by atoms with Gasteiger partial charge >= 0.3 is 6.09 Å². The third-order valence-electron chi connectivity index (χ3n) is 3.19. The van der Waals surface area contributed by atoms with Gasteiger partial charge in [0.15, 0.2) is 11.5 Å². The number of carboxylic acid groups (broad SMARTS) is 1. The van der Waals surface area contributed by atoms with Crippen LogP contribution in [0.25, 0.3) is 11.1 Å². The Bertz CT molecular complexity index is 696. The van der Waals surface area contributed by atoms with Gasteiger partial charge in [0.25, 0.3) is 0 Å². The molecule has 2 rings (SSSR count). The Labute approximate surface area is 133 Å². The Morgan fingerprint density at radius 1 is 1.52 bits per heavy atom. The second-order valence-electron chi connectivity index (χ2n) is 5.06.